The van der Waals surface area contributed by atoms with Crippen LogP contribution in [0.4, 0.5) is 0 Å². The molecular weight excluding hydrogens is 394 g/mol. The molecule has 0 aliphatic heterocycles. The van der Waals surface area contributed by atoms with E-state index >= 15 is 0 Å². The molecule has 0 fully saturated rings. The first-order valence-electron chi connectivity index (χ1n) is 11.0. The van der Waals surface area contributed by atoms with Crippen molar-refractivity contribution in [2.24, 2.45) is 0 Å². The van der Waals surface area contributed by atoms with Crippen molar-refractivity contribution in [2.45, 2.75) is 20.4 Å². The summed E-state index contributed by atoms with van der Waals surface area (Å²) in [5, 5.41) is 3.97. The van der Waals surface area contributed by atoms with Crippen LogP contribution in [0.15, 0.2) is 78.9 Å². The molecule has 0 aliphatic carbocycles. The maximum atomic E-state index is 13.1. The first-order chi connectivity index (χ1) is 15.5. The van der Waals surface area contributed by atoms with Crippen molar-refractivity contribution in [3.05, 3.63) is 101 Å². The summed E-state index contributed by atoms with van der Waals surface area (Å²) in [5.41, 5.74) is 7.05. The predicted octanol–water partition coefficient (Wildman–Crippen LogP) is 5.38. The fourth-order valence-corrected chi connectivity index (χ4v) is 3.84. The van der Waals surface area contributed by atoms with E-state index in [4.69, 9.17) is 4.98 Å². The molecule has 4 aromatic rings. The van der Waals surface area contributed by atoms with E-state index in [1.165, 1.54) is 16.7 Å². The van der Waals surface area contributed by atoms with Crippen LogP contribution in [0.3, 0.4) is 0 Å². The molecule has 0 atom stereocenters. The lowest BCUT2D eigenvalue weighted by Crippen LogP contribution is -2.33. The number of carbonyl (C=O) groups excluding carboxylic acids is 1. The molecule has 1 N–H and O–H groups in total. The number of hydrogen-bond donors (Lipinski definition) is 1. The number of likely N-dealkylation sites (N-methyl/N-ethyl adjacent to an activating group) is 1. The smallest absolute Gasteiger partial charge is 0.252 e. The zero-order valence-corrected chi connectivity index (χ0v) is 18.9. The average Bonchev–Trinajstić information content (AvgIpc) is 2.80. The third-order valence-corrected chi connectivity index (χ3v) is 5.84. The summed E-state index contributed by atoms with van der Waals surface area (Å²) in [6.07, 6.45) is 0. The van der Waals surface area contributed by atoms with Gasteiger partial charge in [-0.2, -0.15) is 0 Å². The molecule has 0 radical (unpaired) electrons. The monoisotopic (exact) mass is 423 g/mol. The van der Waals surface area contributed by atoms with Crippen molar-refractivity contribution in [1.29, 1.82) is 0 Å². The summed E-state index contributed by atoms with van der Waals surface area (Å²) in [4.78, 5) is 20.2. The van der Waals surface area contributed by atoms with Crippen LogP contribution >= 0.6 is 0 Å². The maximum Gasteiger partial charge on any atom is 0.252 e. The number of benzene rings is 3. The van der Waals surface area contributed by atoms with E-state index in [1.807, 2.05) is 48.5 Å². The molecule has 0 unspecified atom stereocenters. The molecule has 162 valence electrons. The highest BCUT2D eigenvalue weighted by Gasteiger charge is 2.14. The maximum absolute atomic E-state index is 13.1. The minimum Gasteiger partial charge on any atom is -0.351 e. The summed E-state index contributed by atoms with van der Waals surface area (Å²) >= 11 is 0. The van der Waals surface area contributed by atoms with Gasteiger partial charge in [0.2, 0.25) is 0 Å². The van der Waals surface area contributed by atoms with E-state index in [1.54, 1.807) is 0 Å². The van der Waals surface area contributed by atoms with Gasteiger partial charge in [0.05, 0.1) is 16.8 Å². The molecule has 32 heavy (non-hydrogen) atoms. The highest BCUT2D eigenvalue weighted by atomic mass is 16.1. The molecule has 0 saturated heterocycles. The first kappa shape index (κ1) is 21.7. The standard InChI is InChI=1S/C28H29N3O/c1-20-13-14-23(17-21(20)2)27-18-25(24-11-7-8-12-26(24)30-27)28(32)29-15-16-31(3)19-22-9-5-4-6-10-22/h4-14,17-18H,15-16,19H2,1-3H3,(H,29,32). The van der Waals surface area contributed by atoms with Crippen LogP contribution in [0.1, 0.15) is 27.0 Å². The number of carbonyl (C=O) groups is 1. The Labute approximate surface area is 189 Å². The third kappa shape index (κ3) is 5.04. The molecule has 4 rings (SSSR count). The van der Waals surface area contributed by atoms with Crippen LogP contribution in [0.5, 0.6) is 0 Å². The molecular formula is C28H29N3O. The molecule has 0 bridgehead atoms. The molecule has 4 nitrogen and oxygen atoms in total. The van der Waals surface area contributed by atoms with Crippen molar-refractivity contribution >= 4 is 16.8 Å². The average molecular weight is 424 g/mol. The summed E-state index contributed by atoms with van der Waals surface area (Å²) < 4.78 is 0. The highest BCUT2D eigenvalue weighted by Crippen LogP contribution is 2.26. The Morgan fingerprint density at radius 3 is 2.44 bits per heavy atom. The molecule has 1 amide bonds. The van der Waals surface area contributed by atoms with Gasteiger partial charge in [-0.3, -0.25) is 4.79 Å². The van der Waals surface area contributed by atoms with Gasteiger partial charge in [-0.05, 0) is 55.8 Å². The quantitative estimate of drug-likeness (QED) is 0.434. The van der Waals surface area contributed by atoms with E-state index in [-0.39, 0.29) is 5.91 Å². The second-order valence-electron chi connectivity index (χ2n) is 8.35. The number of aromatic nitrogens is 1. The minimum absolute atomic E-state index is 0.0678. The van der Waals surface area contributed by atoms with Crippen LogP contribution in [0, 0.1) is 13.8 Å². The summed E-state index contributed by atoms with van der Waals surface area (Å²) in [5.74, 6) is -0.0678. The van der Waals surface area contributed by atoms with Gasteiger partial charge in [0.1, 0.15) is 0 Å². The molecule has 0 saturated carbocycles. The van der Waals surface area contributed by atoms with Crippen molar-refractivity contribution in [3.63, 3.8) is 0 Å². The van der Waals surface area contributed by atoms with Gasteiger partial charge in [0, 0.05) is 30.6 Å². The SMILES string of the molecule is Cc1ccc(-c2cc(C(=O)NCCN(C)Cc3ccccc3)c3ccccc3n2)cc1C. The van der Waals surface area contributed by atoms with E-state index in [0.29, 0.717) is 12.1 Å². The van der Waals surface area contributed by atoms with Crippen molar-refractivity contribution < 1.29 is 4.79 Å². The van der Waals surface area contributed by atoms with Gasteiger partial charge in [0.25, 0.3) is 5.91 Å². The van der Waals surface area contributed by atoms with Crippen molar-refractivity contribution in [2.75, 3.05) is 20.1 Å². The van der Waals surface area contributed by atoms with Gasteiger partial charge in [-0.25, -0.2) is 4.98 Å². The second-order valence-corrected chi connectivity index (χ2v) is 8.35. The largest absolute Gasteiger partial charge is 0.351 e. The van der Waals surface area contributed by atoms with Gasteiger partial charge >= 0.3 is 0 Å². The van der Waals surface area contributed by atoms with E-state index in [9.17, 15) is 4.79 Å². The second kappa shape index (κ2) is 9.75. The number of fused-ring (bicyclic) bond motifs is 1. The number of pyridine rings is 1. The Morgan fingerprint density at radius 1 is 0.906 bits per heavy atom. The zero-order chi connectivity index (χ0) is 22.5. The number of hydrogen-bond acceptors (Lipinski definition) is 3. The van der Waals surface area contributed by atoms with Gasteiger partial charge in [-0.15, -0.1) is 0 Å². The Bertz CT molecular complexity index is 1230. The number of nitrogens with zero attached hydrogens (tertiary/aromatic N) is 2. The molecule has 1 aromatic heterocycles. The topological polar surface area (TPSA) is 45.2 Å². The summed E-state index contributed by atoms with van der Waals surface area (Å²) in [7, 11) is 2.07. The van der Waals surface area contributed by atoms with E-state index in [2.05, 4.69) is 61.4 Å². The van der Waals surface area contributed by atoms with E-state index < -0.39 is 0 Å². The van der Waals surface area contributed by atoms with Crippen molar-refractivity contribution in [1.82, 2.24) is 15.2 Å². The Balaban J connectivity index is 1.52. The minimum atomic E-state index is -0.0678. The van der Waals surface area contributed by atoms with Crippen LogP contribution < -0.4 is 5.32 Å². The molecule has 3 aromatic carbocycles. The Kier molecular flexibility index (Phi) is 6.62. The lowest BCUT2D eigenvalue weighted by molar-refractivity contribution is 0.0951. The molecule has 0 aliphatic rings. The zero-order valence-electron chi connectivity index (χ0n) is 18.9. The molecule has 4 heteroatoms. The van der Waals surface area contributed by atoms with Crippen LogP contribution in [0.2, 0.25) is 0 Å². The van der Waals surface area contributed by atoms with Gasteiger partial charge < -0.3 is 10.2 Å². The Morgan fingerprint density at radius 2 is 1.66 bits per heavy atom. The molecule has 1 heterocycles. The summed E-state index contributed by atoms with van der Waals surface area (Å²) in [6.45, 7) is 6.40. The van der Waals surface area contributed by atoms with E-state index in [0.717, 1.165) is 35.2 Å². The van der Waals surface area contributed by atoms with Crippen LogP contribution in [0.25, 0.3) is 22.2 Å². The number of amides is 1. The fourth-order valence-electron chi connectivity index (χ4n) is 3.84. The first-order valence-corrected chi connectivity index (χ1v) is 11.0. The number of aryl methyl sites for hydroxylation is 2. The lowest BCUT2D eigenvalue weighted by atomic mass is 10.0. The number of nitrogens with one attached hydrogen (secondary N) is 1. The fraction of sp³-hybridized carbons (Fsp3) is 0.214. The number of para-hydroxylation sites is 1. The lowest BCUT2D eigenvalue weighted by Gasteiger charge is -2.17. The van der Waals surface area contributed by atoms with Crippen molar-refractivity contribution in [3.8, 4) is 11.3 Å². The third-order valence-electron chi connectivity index (χ3n) is 5.84. The van der Waals surface area contributed by atoms with Crippen LogP contribution in [-0.2, 0) is 6.54 Å². The summed E-state index contributed by atoms with van der Waals surface area (Å²) in [6, 6.07) is 26.4. The Hall–Kier alpha value is -3.50. The highest BCUT2D eigenvalue weighted by molar-refractivity contribution is 6.07. The van der Waals surface area contributed by atoms with Gasteiger partial charge in [0.15, 0.2) is 0 Å². The predicted molar refractivity (Wildman–Crippen MR) is 132 cm³/mol. The normalized spacial score (nSPS) is 11.1. The van der Waals surface area contributed by atoms with Crippen LogP contribution in [-0.4, -0.2) is 35.9 Å². The molecule has 0 spiro atoms. The van der Waals surface area contributed by atoms with Gasteiger partial charge in [-0.1, -0.05) is 60.7 Å². The number of rotatable bonds is 7.